The lowest BCUT2D eigenvalue weighted by atomic mass is 10.0. The molecule has 0 aliphatic carbocycles. The molecule has 1 amide bonds. The Balaban J connectivity index is 1.93. The van der Waals surface area contributed by atoms with Crippen LogP contribution in [-0.4, -0.2) is 38.8 Å². The number of hydrogen-bond acceptors (Lipinski definition) is 5. The van der Waals surface area contributed by atoms with Gasteiger partial charge in [-0.3, -0.25) is 14.8 Å². The molecule has 0 fully saturated rings. The topological polar surface area (TPSA) is 71.0 Å². The standard InChI is InChI=1S/C22H25N5O/c1-4-16(2)27(15-17-7-6-10-24-14-17)22(28)19-9-5-8-18(13-19)20-21(23-3)26-12-11-25-20/h5-14,16H,4,15H2,1-3H3,(H,23,26)/t16-/m1/s1. The number of amides is 1. The normalized spacial score (nSPS) is 11.7. The summed E-state index contributed by atoms with van der Waals surface area (Å²) >= 11 is 0. The number of hydrogen-bond donors (Lipinski definition) is 1. The van der Waals surface area contributed by atoms with E-state index in [4.69, 9.17) is 0 Å². The Hall–Kier alpha value is -3.28. The van der Waals surface area contributed by atoms with Crippen LogP contribution in [0.15, 0.2) is 61.2 Å². The van der Waals surface area contributed by atoms with Crippen LogP contribution < -0.4 is 5.32 Å². The fourth-order valence-corrected chi connectivity index (χ4v) is 3.03. The van der Waals surface area contributed by atoms with Gasteiger partial charge in [-0.15, -0.1) is 0 Å². The molecule has 3 rings (SSSR count). The van der Waals surface area contributed by atoms with Crippen LogP contribution in [0.5, 0.6) is 0 Å². The van der Waals surface area contributed by atoms with E-state index in [0.29, 0.717) is 17.9 Å². The third-order valence-electron chi connectivity index (χ3n) is 4.78. The first kappa shape index (κ1) is 19.5. The van der Waals surface area contributed by atoms with E-state index >= 15 is 0 Å². The molecule has 2 heterocycles. The zero-order valence-electron chi connectivity index (χ0n) is 16.5. The van der Waals surface area contributed by atoms with Gasteiger partial charge in [0.25, 0.3) is 5.91 Å². The highest BCUT2D eigenvalue weighted by atomic mass is 16.2. The summed E-state index contributed by atoms with van der Waals surface area (Å²) in [7, 11) is 1.81. The van der Waals surface area contributed by atoms with Crippen LogP contribution in [0.3, 0.4) is 0 Å². The van der Waals surface area contributed by atoms with Gasteiger partial charge in [0, 0.05) is 55.5 Å². The molecule has 1 N–H and O–H groups in total. The second kappa shape index (κ2) is 9.08. The van der Waals surface area contributed by atoms with Crippen LogP contribution in [0.2, 0.25) is 0 Å². The first-order valence-electron chi connectivity index (χ1n) is 9.43. The number of carbonyl (C=O) groups is 1. The molecule has 1 atom stereocenters. The lowest BCUT2D eigenvalue weighted by molar-refractivity contribution is 0.0671. The van der Waals surface area contributed by atoms with Gasteiger partial charge < -0.3 is 10.2 Å². The molecule has 0 saturated heterocycles. The Morgan fingerprint density at radius 2 is 1.96 bits per heavy atom. The van der Waals surface area contributed by atoms with Crippen molar-refractivity contribution in [1.82, 2.24) is 19.9 Å². The summed E-state index contributed by atoms with van der Waals surface area (Å²) in [6.45, 7) is 4.68. The highest BCUT2D eigenvalue weighted by molar-refractivity contribution is 5.95. The van der Waals surface area contributed by atoms with E-state index in [9.17, 15) is 4.79 Å². The molecule has 6 heteroatoms. The van der Waals surface area contributed by atoms with Crippen molar-refractivity contribution < 1.29 is 4.79 Å². The SMILES string of the molecule is CC[C@@H](C)N(Cc1cccnc1)C(=O)c1cccc(-c2nccnc2NC)c1. The fourth-order valence-electron chi connectivity index (χ4n) is 3.03. The molecule has 0 aliphatic rings. The molecule has 0 unspecified atom stereocenters. The summed E-state index contributed by atoms with van der Waals surface area (Å²) in [4.78, 5) is 28.1. The average Bonchev–Trinajstić information content (AvgIpc) is 2.77. The van der Waals surface area contributed by atoms with Crippen molar-refractivity contribution in [2.24, 2.45) is 0 Å². The van der Waals surface area contributed by atoms with E-state index in [-0.39, 0.29) is 11.9 Å². The van der Waals surface area contributed by atoms with E-state index in [0.717, 1.165) is 23.2 Å². The van der Waals surface area contributed by atoms with Crippen molar-refractivity contribution in [3.63, 3.8) is 0 Å². The van der Waals surface area contributed by atoms with Crippen LogP contribution >= 0.6 is 0 Å². The van der Waals surface area contributed by atoms with Crippen molar-refractivity contribution in [2.75, 3.05) is 12.4 Å². The Morgan fingerprint density at radius 1 is 1.14 bits per heavy atom. The zero-order valence-corrected chi connectivity index (χ0v) is 16.5. The van der Waals surface area contributed by atoms with Crippen molar-refractivity contribution in [2.45, 2.75) is 32.9 Å². The smallest absolute Gasteiger partial charge is 0.254 e. The highest BCUT2D eigenvalue weighted by Gasteiger charge is 2.21. The molecule has 3 aromatic rings. The van der Waals surface area contributed by atoms with Crippen LogP contribution in [0.1, 0.15) is 36.2 Å². The Kier molecular flexibility index (Phi) is 6.32. The van der Waals surface area contributed by atoms with Crippen LogP contribution in [0.4, 0.5) is 5.82 Å². The molecule has 28 heavy (non-hydrogen) atoms. The number of nitrogens with zero attached hydrogens (tertiary/aromatic N) is 4. The van der Waals surface area contributed by atoms with Crippen molar-refractivity contribution in [1.29, 1.82) is 0 Å². The average molecular weight is 375 g/mol. The minimum atomic E-state index is -0.00467. The van der Waals surface area contributed by atoms with Crippen molar-refractivity contribution in [3.05, 3.63) is 72.3 Å². The summed E-state index contributed by atoms with van der Waals surface area (Å²) in [6, 6.07) is 11.5. The summed E-state index contributed by atoms with van der Waals surface area (Å²) in [5.41, 5.74) is 3.23. The number of rotatable bonds is 7. The Bertz CT molecular complexity index is 929. The predicted molar refractivity (Wildman–Crippen MR) is 111 cm³/mol. The second-order valence-corrected chi connectivity index (χ2v) is 6.64. The molecular weight excluding hydrogens is 350 g/mol. The van der Waals surface area contributed by atoms with E-state index in [1.807, 2.05) is 41.3 Å². The first-order valence-corrected chi connectivity index (χ1v) is 9.43. The number of nitrogens with one attached hydrogen (secondary N) is 1. The van der Waals surface area contributed by atoms with Crippen LogP contribution in [-0.2, 0) is 6.54 Å². The molecule has 6 nitrogen and oxygen atoms in total. The van der Waals surface area contributed by atoms with E-state index in [1.54, 1.807) is 31.8 Å². The molecule has 0 bridgehead atoms. The Labute approximate surface area is 165 Å². The largest absolute Gasteiger partial charge is 0.371 e. The molecule has 0 spiro atoms. The maximum Gasteiger partial charge on any atom is 0.254 e. The third kappa shape index (κ3) is 4.34. The van der Waals surface area contributed by atoms with Crippen molar-refractivity contribution in [3.8, 4) is 11.3 Å². The molecule has 0 saturated carbocycles. The van der Waals surface area contributed by atoms with Crippen molar-refractivity contribution >= 4 is 11.7 Å². The Morgan fingerprint density at radius 3 is 2.68 bits per heavy atom. The number of aromatic nitrogens is 3. The van der Waals surface area contributed by atoms with Gasteiger partial charge in [-0.1, -0.05) is 25.1 Å². The number of anilines is 1. The van der Waals surface area contributed by atoms with Gasteiger partial charge in [-0.2, -0.15) is 0 Å². The second-order valence-electron chi connectivity index (χ2n) is 6.64. The monoisotopic (exact) mass is 375 g/mol. The summed E-state index contributed by atoms with van der Waals surface area (Å²) < 4.78 is 0. The number of benzene rings is 1. The fraction of sp³-hybridized carbons (Fsp3) is 0.273. The summed E-state index contributed by atoms with van der Waals surface area (Å²) in [5.74, 6) is 0.677. The minimum Gasteiger partial charge on any atom is -0.371 e. The highest BCUT2D eigenvalue weighted by Crippen LogP contribution is 2.25. The maximum absolute atomic E-state index is 13.3. The van der Waals surface area contributed by atoms with E-state index < -0.39 is 0 Å². The van der Waals surface area contributed by atoms with E-state index in [1.165, 1.54) is 0 Å². The molecule has 0 radical (unpaired) electrons. The van der Waals surface area contributed by atoms with Crippen LogP contribution in [0, 0.1) is 0 Å². The number of pyridine rings is 1. The minimum absolute atomic E-state index is 0.00467. The van der Waals surface area contributed by atoms with Gasteiger partial charge >= 0.3 is 0 Å². The molecule has 2 aromatic heterocycles. The van der Waals surface area contributed by atoms with Gasteiger partial charge in [0.15, 0.2) is 5.82 Å². The van der Waals surface area contributed by atoms with Gasteiger partial charge in [0.05, 0.1) is 0 Å². The van der Waals surface area contributed by atoms with E-state index in [2.05, 4.69) is 34.1 Å². The maximum atomic E-state index is 13.3. The number of carbonyl (C=O) groups excluding carboxylic acids is 1. The molecular formula is C22H25N5O. The lowest BCUT2D eigenvalue weighted by Crippen LogP contribution is -2.37. The molecule has 0 aliphatic heterocycles. The molecule has 1 aromatic carbocycles. The molecule has 144 valence electrons. The van der Waals surface area contributed by atoms with Gasteiger partial charge in [-0.05, 0) is 37.1 Å². The summed E-state index contributed by atoms with van der Waals surface area (Å²) in [5, 5.41) is 3.05. The summed E-state index contributed by atoms with van der Waals surface area (Å²) in [6.07, 6.45) is 7.71. The van der Waals surface area contributed by atoms with Crippen LogP contribution in [0.25, 0.3) is 11.3 Å². The quantitative estimate of drug-likeness (QED) is 0.675. The zero-order chi connectivity index (χ0) is 19.9. The van der Waals surface area contributed by atoms with Gasteiger partial charge in [0.1, 0.15) is 5.69 Å². The van der Waals surface area contributed by atoms with Gasteiger partial charge in [0.2, 0.25) is 0 Å². The first-order chi connectivity index (χ1) is 13.6. The van der Waals surface area contributed by atoms with Gasteiger partial charge in [-0.25, -0.2) is 4.98 Å². The predicted octanol–water partition coefficient (Wildman–Crippen LogP) is 4.02. The lowest BCUT2D eigenvalue weighted by Gasteiger charge is -2.29. The third-order valence-corrected chi connectivity index (χ3v) is 4.78.